The van der Waals surface area contributed by atoms with Gasteiger partial charge in [0.05, 0.1) is 5.69 Å². The number of anilines is 1. The smallest absolute Gasteiger partial charge is 0.273 e. The Balaban J connectivity index is 1.64. The van der Waals surface area contributed by atoms with Gasteiger partial charge < -0.3 is 15.5 Å². The lowest BCUT2D eigenvalue weighted by atomic mass is 10.1. The first-order valence-electron chi connectivity index (χ1n) is 10.9. The fourth-order valence-corrected chi connectivity index (χ4v) is 3.61. The summed E-state index contributed by atoms with van der Waals surface area (Å²) in [6.45, 7) is 9.92. The molecule has 0 bridgehead atoms. The number of carbonyl (C=O) groups is 3. The third-order valence-corrected chi connectivity index (χ3v) is 5.38. The Hall–Kier alpha value is -3.20. The van der Waals surface area contributed by atoms with Crippen LogP contribution in [-0.4, -0.2) is 70.0 Å². The van der Waals surface area contributed by atoms with Gasteiger partial charge in [-0.25, -0.2) is 0 Å². The van der Waals surface area contributed by atoms with Crippen LogP contribution in [0.15, 0.2) is 30.5 Å². The van der Waals surface area contributed by atoms with Crippen LogP contribution < -0.4 is 10.6 Å². The van der Waals surface area contributed by atoms with E-state index in [1.807, 2.05) is 36.9 Å². The molecule has 1 aromatic carbocycles. The predicted octanol–water partition coefficient (Wildman–Crippen LogP) is 1.72. The van der Waals surface area contributed by atoms with E-state index in [0.29, 0.717) is 30.3 Å². The van der Waals surface area contributed by atoms with Crippen LogP contribution in [0.25, 0.3) is 0 Å². The molecular formula is C23H32N6O3. The first-order valence-corrected chi connectivity index (χ1v) is 10.9. The molecule has 0 atom stereocenters. The van der Waals surface area contributed by atoms with Crippen molar-refractivity contribution in [3.63, 3.8) is 0 Å². The minimum absolute atomic E-state index is 0.107. The molecule has 2 N–H and O–H groups in total. The summed E-state index contributed by atoms with van der Waals surface area (Å²) in [6, 6.07) is 7.46. The van der Waals surface area contributed by atoms with Gasteiger partial charge in [-0.15, -0.1) is 0 Å². The second-order valence-corrected chi connectivity index (χ2v) is 8.61. The summed E-state index contributed by atoms with van der Waals surface area (Å²) in [5.74, 6) is -0.183. The van der Waals surface area contributed by atoms with Crippen molar-refractivity contribution in [1.82, 2.24) is 24.9 Å². The summed E-state index contributed by atoms with van der Waals surface area (Å²) >= 11 is 0. The molecule has 0 saturated carbocycles. The maximum absolute atomic E-state index is 12.9. The second-order valence-electron chi connectivity index (χ2n) is 8.61. The van der Waals surface area contributed by atoms with Crippen molar-refractivity contribution in [2.24, 2.45) is 13.0 Å². The Morgan fingerprint density at radius 1 is 1.09 bits per heavy atom. The minimum Gasteiger partial charge on any atom is -0.350 e. The lowest BCUT2D eigenvalue weighted by Gasteiger charge is -2.34. The molecular weight excluding hydrogens is 408 g/mol. The van der Waals surface area contributed by atoms with Crippen LogP contribution in [0.4, 0.5) is 5.69 Å². The van der Waals surface area contributed by atoms with E-state index in [2.05, 4.69) is 20.6 Å². The molecule has 1 aliphatic heterocycles. The van der Waals surface area contributed by atoms with Crippen LogP contribution in [0.5, 0.6) is 0 Å². The fraction of sp³-hybridized carbons (Fsp3) is 0.478. The van der Waals surface area contributed by atoms with Crippen molar-refractivity contribution in [1.29, 1.82) is 0 Å². The van der Waals surface area contributed by atoms with E-state index in [9.17, 15) is 14.4 Å². The third kappa shape index (κ3) is 6.16. The summed E-state index contributed by atoms with van der Waals surface area (Å²) in [6.07, 6.45) is 1.63. The van der Waals surface area contributed by atoms with E-state index in [-0.39, 0.29) is 23.4 Å². The lowest BCUT2D eigenvalue weighted by molar-refractivity contribution is -0.130. The number of nitrogens with zero attached hydrogens (tertiary/aromatic N) is 4. The van der Waals surface area contributed by atoms with Gasteiger partial charge in [0.25, 0.3) is 11.8 Å². The van der Waals surface area contributed by atoms with Gasteiger partial charge in [0.15, 0.2) is 5.69 Å². The van der Waals surface area contributed by atoms with Gasteiger partial charge in [0.2, 0.25) is 5.91 Å². The molecule has 1 aliphatic rings. The van der Waals surface area contributed by atoms with E-state index in [1.54, 1.807) is 26.2 Å². The predicted molar refractivity (Wildman–Crippen MR) is 122 cm³/mol. The highest BCUT2D eigenvalue weighted by molar-refractivity contribution is 6.08. The number of hydrogen-bond acceptors (Lipinski definition) is 5. The minimum atomic E-state index is -0.312. The van der Waals surface area contributed by atoms with Gasteiger partial charge in [-0.05, 0) is 23.6 Å². The molecule has 3 rings (SSSR count). The summed E-state index contributed by atoms with van der Waals surface area (Å²) < 4.78 is 1.51. The maximum Gasteiger partial charge on any atom is 0.273 e. The molecule has 0 unspecified atom stereocenters. The van der Waals surface area contributed by atoms with E-state index in [1.165, 1.54) is 4.68 Å². The summed E-state index contributed by atoms with van der Waals surface area (Å²) in [4.78, 5) is 41.0. The van der Waals surface area contributed by atoms with Crippen LogP contribution in [-0.2, 0) is 18.4 Å². The zero-order chi connectivity index (χ0) is 23.3. The van der Waals surface area contributed by atoms with Crippen LogP contribution in [0.3, 0.4) is 0 Å². The molecule has 1 aromatic heterocycles. The number of hydrogen-bond donors (Lipinski definition) is 2. The highest BCUT2D eigenvalue weighted by atomic mass is 16.2. The van der Waals surface area contributed by atoms with Crippen molar-refractivity contribution in [2.45, 2.75) is 27.3 Å². The van der Waals surface area contributed by atoms with Crippen molar-refractivity contribution in [3.05, 3.63) is 47.3 Å². The fourth-order valence-electron chi connectivity index (χ4n) is 3.61. The van der Waals surface area contributed by atoms with Crippen LogP contribution in [0.2, 0.25) is 0 Å². The van der Waals surface area contributed by atoms with Crippen molar-refractivity contribution >= 4 is 23.4 Å². The maximum atomic E-state index is 12.9. The Morgan fingerprint density at radius 2 is 1.81 bits per heavy atom. The largest absolute Gasteiger partial charge is 0.350 e. The first-order chi connectivity index (χ1) is 15.2. The average Bonchev–Trinajstić information content (AvgIpc) is 3.12. The van der Waals surface area contributed by atoms with E-state index < -0.39 is 0 Å². The Morgan fingerprint density at radius 3 is 2.47 bits per heavy atom. The molecule has 0 aliphatic carbocycles. The monoisotopic (exact) mass is 440 g/mol. The van der Waals surface area contributed by atoms with Gasteiger partial charge in [-0.2, -0.15) is 5.10 Å². The van der Waals surface area contributed by atoms with E-state index in [4.69, 9.17) is 0 Å². The van der Waals surface area contributed by atoms with Crippen molar-refractivity contribution in [3.8, 4) is 0 Å². The molecule has 3 amide bonds. The van der Waals surface area contributed by atoms with Gasteiger partial charge in [-0.3, -0.25) is 24.0 Å². The molecule has 0 spiro atoms. The summed E-state index contributed by atoms with van der Waals surface area (Å²) in [5.41, 5.74) is 2.11. The lowest BCUT2D eigenvalue weighted by Crippen LogP contribution is -2.47. The Labute approximate surface area is 188 Å². The summed E-state index contributed by atoms with van der Waals surface area (Å²) in [5, 5.41) is 9.86. The zero-order valence-electron chi connectivity index (χ0n) is 19.2. The molecule has 1 saturated heterocycles. The standard InChI is InChI=1S/C23H32N6O3/c1-16(2)13-24-23(32)21-20(15-27(4)26-21)25-22(31)19-7-5-6-18(12-19)14-28-8-10-29(11-9-28)17(3)30/h5-7,12,15-16H,8-11,13-14H2,1-4H3,(H,24,32)(H,25,31). The summed E-state index contributed by atoms with van der Waals surface area (Å²) in [7, 11) is 1.71. The molecule has 2 heterocycles. The second kappa shape index (κ2) is 10.4. The SMILES string of the molecule is CC(=O)N1CCN(Cc2cccc(C(=O)Nc3cn(C)nc3C(=O)NCC(C)C)c2)CC1. The average molecular weight is 441 g/mol. The van der Waals surface area contributed by atoms with Gasteiger partial charge in [0.1, 0.15) is 0 Å². The number of nitrogens with one attached hydrogen (secondary N) is 2. The van der Waals surface area contributed by atoms with E-state index in [0.717, 1.165) is 31.7 Å². The van der Waals surface area contributed by atoms with E-state index >= 15 is 0 Å². The molecule has 9 heteroatoms. The molecule has 9 nitrogen and oxygen atoms in total. The van der Waals surface area contributed by atoms with Gasteiger partial charge in [0, 0.05) is 65.0 Å². The first kappa shape index (κ1) is 23.5. The number of carbonyl (C=O) groups excluding carboxylic acids is 3. The molecule has 2 aromatic rings. The highest BCUT2D eigenvalue weighted by Gasteiger charge is 2.20. The highest BCUT2D eigenvalue weighted by Crippen LogP contribution is 2.17. The quantitative estimate of drug-likeness (QED) is 0.683. The Bertz CT molecular complexity index is 976. The van der Waals surface area contributed by atoms with Crippen LogP contribution >= 0.6 is 0 Å². The van der Waals surface area contributed by atoms with Crippen molar-refractivity contribution in [2.75, 3.05) is 38.0 Å². The third-order valence-electron chi connectivity index (χ3n) is 5.38. The number of rotatable bonds is 7. The van der Waals surface area contributed by atoms with Gasteiger partial charge in [-0.1, -0.05) is 26.0 Å². The molecule has 172 valence electrons. The van der Waals surface area contributed by atoms with Gasteiger partial charge >= 0.3 is 0 Å². The topological polar surface area (TPSA) is 99.6 Å². The number of piperazine rings is 1. The molecule has 0 radical (unpaired) electrons. The zero-order valence-corrected chi connectivity index (χ0v) is 19.2. The number of aryl methyl sites for hydroxylation is 1. The molecule has 32 heavy (non-hydrogen) atoms. The number of amides is 3. The normalized spacial score (nSPS) is 14.5. The van der Waals surface area contributed by atoms with Crippen LogP contribution in [0.1, 0.15) is 47.2 Å². The number of aromatic nitrogens is 2. The van der Waals surface area contributed by atoms with Crippen LogP contribution in [0, 0.1) is 5.92 Å². The Kier molecular flexibility index (Phi) is 7.63. The molecule has 1 fully saturated rings. The number of benzene rings is 1. The van der Waals surface area contributed by atoms with Crippen molar-refractivity contribution < 1.29 is 14.4 Å².